The largest absolute Gasteiger partial charge is 0.586 e. The number of hydrogen-bond donors (Lipinski definition) is 0. The van der Waals surface area contributed by atoms with Crippen molar-refractivity contribution in [2.75, 3.05) is 0 Å². The lowest BCUT2D eigenvalue weighted by Crippen LogP contribution is -2.25. The number of carbonyl (C=O) groups is 1. The number of alkyl halides is 2. The van der Waals surface area contributed by atoms with Gasteiger partial charge in [-0.25, -0.2) is 0 Å². The lowest BCUT2D eigenvalue weighted by atomic mass is 10.0. The molecule has 1 aliphatic rings. The Bertz CT molecular complexity index is 441. The van der Waals surface area contributed by atoms with E-state index in [0.717, 1.165) is 0 Å². The van der Waals surface area contributed by atoms with Crippen molar-refractivity contribution in [3.63, 3.8) is 0 Å². The molecule has 5 heteroatoms. The molecule has 0 saturated carbocycles. The van der Waals surface area contributed by atoms with Crippen LogP contribution in [0, 0.1) is 6.92 Å². The maximum atomic E-state index is 12.7. The molecule has 0 saturated heterocycles. The van der Waals surface area contributed by atoms with E-state index in [1.165, 1.54) is 19.1 Å². The Morgan fingerprint density at radius 1 is 1.27 bits per heavy atom. The van der Waals surface area contributed by atoms with Crippen molar-refractivity contribution in [2.45, 2.75) is 20.1 Å². The van der Waals surface area contributed by atoms with Crippen LogP contribution in [0.1, 0.15) is 22.8 Å². The van der Waals surface area contributed by atoms with Crippen molar-refractivity contribution in [1.82, 2.24) is 0 Å². The summed E-state index contributed by atoms with van der Waals surface area (Å²) >= 11 is 0. The van der Waals surface area contributed by atoms with Gasteiger partial charge in [-0.3, -0.25) is 4.79 Å². The van der Waals surface area contributed by atoms with Gasteiger partial charge in [0.15, 0.2) is 17.3 Å². The van der Waals surface area contributed by atoms with Crippen molar-refractivity contribution in [3.05, 3.63) is 23.3 Å². The highest BCUT2D eigenvalue weighted by Gasteiger charge is 2.43. The minimum Gasteiger partial charge on any atom is -0.395 e. The second kappa shape index (κ2) is 2.92. The maximum Gasteiger partial charge on any atom is 0.586 e. The molecule has 0 atom stereocenters. The Kier molecular flexibility index (Phi) is 1.92. The first-order valence-corrected chi connectivity index (χ1v) is 4.30. The van der Waals surface area contributed by atoms with E-state index in [9.17, 15) is 13.6 Å². The Labute approximate surface area is 84.6 Å². The zero-order valence-electron chi connectivity index (χ0n) is 8.14. The molecular weight excluding hydrogens is 206 g/mol. The van der Waals surface area contributed by atoms with Crippen LogP contribution >= 0.6 is 0 Å². The summed E-state index contributed by atoms with van der Waals surface area (Å²) in [7, 11) is 0. The summed E-state index contributed by atoms with van der Waals surface area (Å²) in [6.07, 6.45) is -3.63. The zero-order valence-corrected chi connectivity index (χ0v) is 8.14. The molecule has 3 nitrogen and oxygen atoms in total. The van der Waals surface area contributed by atoms with E-state index in [1.54, 1.807) is 6.92 Å². The van der Waals surface area contributed by atoms with E-state index in [-0.39, 0.29) is 17.3 Å². The number of ketones is 1. The second-order valence-electron chi connectivity index (χ2n) is 3.34. The van der Waals surface area contributed by atoms with Crippen LogP contribution < -0.4 is 9.47 Å². The normalized spacial score (nSPS) is 16.5. The van der Waals surface area contributed by atoms with Gasteiger partial charge in [0, 0.05) is 5.56 Å². The average Bonchev–Trinajstić information content (AvgIpc) is 2.36. The standard InChI is InChI=1S/C10H8F2O3/c1-5-3-8-9(4-7(5)6(2)13)15-10(11,12)14-8/h3-4H,1-2H3. The quantitative estimate of drug-likeness (QED) is 0.674. The van der Waals surface area contributed by atoms with Crippen LogP contribution in [-0.2, 0) is 0 Å². The number of halogens is 2. The second-order valence-corrected chi connectivity index (χ2v) is 3.34. The molecule has 0 aromatic heterocycles. The zero-order chi connectivity index (χ0) is 11.2. The van der Waals surface area contributed by atoms with Gasteiger partial charge in [0.2, 0.25) is 0 Å². The van der Waals surface area contributed by atoms with Gasteiger partial charge in [-0.15, -0.1) is 8.78 Å². The molecule has 0 radical (unpaired) electrons. The topological polar surface area (TPSA) is 35.5 Å². The fourth-order valence-corrected chi connectivity index (χ4v) is 1.48. The highest BCUT2D eigenvalue weighted by molar-refractivity contribution is 5.96. The molecule has 2 rings (SSSR count). The van der Waals surface area contributed by atoms with Crippen molar-refractivity contribution in [2.24, 2.45) is 0 Å². The predicted octanol–water partition coefficient (Wildman–Crippen LogP) is 2.52. The molecule has 0 amide bonds. The van der Waals surface area contributed by atoms with Crippen LogP contribution in [0.25, 0.3) is 0 Å². The Morgan fingerprint density at radius 3 is 2.33 bits per heavy atom. The lowest BCUT2D eigenvalue weighted by Gasteiger charge is -2.04. The first-order valence-electron chi connectivity index (χ1n) is 4.30. The molecule has 1 aromatic rings. The number of carbonyl (C=O) groups excluding carboxylic acids is 1. The van der Waals surface area contributed by atoms with Gasteiger partial charge in [-0.05, 0) is 31.5 Å². The van der Waals surface area contributed by atoms with E-state index in [4.69, 9.17) is 0 Å². The minimum atomic E-state index is -3.63. The number of aryl methyl sites for hydroxylation is 1. The predicted molar refractivity (Wildman–Crippen MR) is 47.4 cm³/mol. The number of Topliss-reactive ketones (excluding diaryl/α,β-unsaturated/α-hetero) is 1. The molecule has 0 unspecified atom stereocenters. The van der Waals surface area contributed by atoms with Gasteiger partial charge in [-0.1, -0.05) is 0 Å². The fourth-order valence-electron chi connectivity index (χ4n) is 1.48. The maximum absolute atomic E-state index is 12.7. The third-order valence-electron chi connectivity index (χ3n) is 2.13. The van der Waals surface area contributed by atoms with E-state index in [2.05, 4.69) is 9.47 Å². The highest BCUT2D eigenvalue weighted by atomic mass is 19.3. The smallest absolute Gasteiger partial charge is 0.395 e. The Balaban J connectivity index is 2.50. The van der Waals surface area contributed by atoms with Gasteiger partial charge in [-0.2, -0.15) is 0 Å². The Hall–Kier alpha value is -1.65. The van der Waals surface area contributed by atoms with E-state index in [1.807, 2.05) is 0 Å². The minimum absolute atomic E-state index is 0.0394. The molecule has 0 fully saturated rings. The monoisotopic (exact) mass is 214 g/mol. The number of fused-ring (bicyclic) bond motifs is 1. The molecular formula is C10H8F2O3. The number of benzene rings is 1. The summed E-state index contributed by atoms with van der Waals surface area (Å²) in [6.45, 7) is 3.01. The molecule has 1 aromatic carbocycles. The fraction of sp³-hybridized carbons (Fsp3) is 0.300. The van der Waals surface area contributed by atoms with Gasteiger partial charge in [0.1, 0.15) is 0 Å². The SMILES string of the molecule is CC(=O)c1cc2c(cc1C)OC(F)(F)O2. The van der Waals surface area contributed by atoms with Crippen LogP contribution in [0.4, 0.5) is 8.78 Å². The molecule has 80 valence electrons. The Morgan fingerprint density at radius 2 is 1.80 bits per heavy atom. The van der Waals surface area contributed by atoms with E-state index >= 15 is 0 Å². The van der Waals surface area contributed by atoms with E-state index < -0.39 is 6.29 Å². The number of ether oxygens (including phenoxy) is 2. The number of rotatable bonds is 1. The molecule has 1 heterocycles. The number of hydrogen-bond acceptors (Lipinski definition) is 3. The summed E-state index contributed by atoms with van der Waals surface area (Å²) in [5.74, 6) is -0.340. The first-order chi connectivity index (χ1) is 6.89. The van der Waals surface area contributed by atoms with Gasteiger partial charge >= 0.3 is 6.29 Å². The van der Waals surface area contributed by atoms with Crippen molar-refractivity contribution in [1.29, 1.82) is 0 Å². The van der Waals surface area contributed by atoms with Crippen LogP contribution in [-0.4, -0.2) is 12.1 Å². The molecule has 0 aliphatic carbocycles. The van der Waals surface area contributed by atoms with Crippen LogP contribution in [0.15, 0.2) is 12.1 Å². The van der Waals surface area contributed by atoms with Gasteiger partial charge in [0.25, 0.3) is 0 Å². The summed E-state index contributed by atoms with van der Waals surface area (Å²) < 4.78 is 33.8. The molecule has 0 spiro atoms. The summed E-state index contributed by atoms with van der Waals surface area (Å²) in [4.78, 5) is 11.1. The molecule has 15 heavy (non-hydrogen) atoms. The molecule has 0 bridgehead atoms. The van der Waals surface area contributed by atoms with Crippen molar-refractivity contribution >= 4 is 5.78 Å². The van der Waals surface area contributed by atoms with Crippen molar-refractivity contribution < 1.29 is 23.0 Å². The summed E-state index contributed by atoms with van der Waals surface area (Å²) in [5.41, 5.74) is 0.942. The highest BCUT2D eigenvalue weighted by Crippen LogP contribution is 2.42. The first kappa shape index (κ1) is 9.89. The lowest BCUT2D eigenvalue weighted by molar-refractivity contribution is -0.286. The molecule has 1 aliphatic heterocycles. The van der Waals surface area contributed by atoms with Crippen molar-refractivity contribution in [3.8, 4) is 11.5 Å². The van der Waals surface area contributed by atoms with Gasteiger partial charge in [0.05, 0.1) is 0 Å². The summed E-state index contributed by atoms with van der Waals surface area (Å²) in [6, 6.07) is 2.64. The van der Waals surface area contributed by atoms with Gasteiger partial charge < -0.3 is 9.47 Å². The van der Waals surface area contributed by atoms with E-state index in [0.29, 0.717) is 11.1 Å². The third kappa shape index (κ3) is 1.65. The average molecular weight is 214 g/mol. The van der Waals surface area contributed by atoms with Crippen LogP contribution in [0.2, 0.25) is 0 Å². The third-order valence-corrected chi connectivity index (χ3v) is 2.13. The van der Waals surface area contributed by atoms with Crippen LogP contribution in [0.5, 0.6) is 11.5 Å². The summed E-state index contributed by atoms with van der Waals surface area (Å²) in [5, 5.41) is 0. The van der Waals surface area contributed by atoms with Crippen LogP contribution in [0.3, 0.4) is 0 Å². The molecule has 0 N–H and O–H groups in total.